The van der Waals surface area contributed by atoms with Crippen LogP contribution < -0.4 is 5.63 Å². The minimum atomic E-state index is -3.53. The molecule has 1 aromatic carbocycles. The van der Waals surface area contributed by atoms with Gasteiger partial charge in [0.2, 0.25) is 0 Å². The zero-order valence-electron chi connectivity index (χ0n) is 11.5. The monoisotopic (exact) mass is 283 g/mol. The molecule has 2 rings (SSSR count). The summed E-state index contributed by atoms with van der Waals surface area (Å²) in [6.07, 6.45) is -0.501. The van der Waals surface area contributed by atoms with Crippen molar-refractivity contribution >= 4 is 24.3 Å². The van der Waals surface area contributed by atoms with Crippen molar-refractivity contribution in [1.82, 2.24) is 4.98 Å². The molecule has 1 heterocycles. The van der Waals surface area contributed by atoms with Gasteiger partial charge < -0.3 is 4.42 Å². The lowest BCUT2D eigenvalue weighted by molar-refractivity contribution is 0.147. The summed E-state index contributed by atoms with van der Waals surface area (Å²) in [7, 11) is -3.53. The molecule has 19 heavy (non-hydrogen) atoms. The Hall–Kier alpha value is -1.16. The molecule has 5 nitrogen and oxygen atoms in total. The van der Waals surface area contributed by atoms with Crippen molar-refractivity contribution in [2.75, 3.05) is 0 Å². The predicted molar refractivity (Wildman–Crippen MR) is 73.7 cm³/mol. The second-order valence-electron chi connectivity index (χ2n) is 4.77. The van der Waals surface area contributed by atoms with Crippen molar-refractivity contribution in [2.24, 2.45) is 0 Å². The SMILES string of the molecule is CC(C)OP(=O)(OC(C)C)c1nc2ccccc2o1. The number of fused-ring (bicyclic) bond motifs is 1. The van der Waals surface area contributed by atoms with E-state index >= 15 is 0 Å². The van der Waals surface area contributed by atoms with Gasteiger partial charge in [-0.05, 0) is 39.8 Å². The maximum Gasteiger partial charge on any atom is 0.416 e. The Kier molecular flexibility index (Phi) is 4.09. The van der Waals surface area contributed by atoms with Crippen LogP contribution in [0.3, 0.4) is 0 Å². The van der Waals surface area contributed by atoms with Crippen LogP contribution in [0.25, 0.3) is 11.1 Å². The average Bonchev–Trinajstić information content (AvgIpc) is 2.70. The van der Waals surface area contributed by atoms with Gasteiger partial charge in [-0.2, -0.15) is 0 Å². The molecular weight excluding hydrogens is 265 g/mol. The maximum absolute atomic E-state index is 12.8. The molecule has 1 aromatic heterocycles. The minimum absolute atomic E-state index is 0.0103. The molecule has 2 aromatic rings. The number of hydrogen-bond donors (Lipinski definition) is 0. The number of aromatic nitrogens is 1. The van der Waals surface area contributed by atoms with E-state index in [9.17, 15) is 4.57 Å². The molecule has 6 heteroatoms. The van der Waals surface area contributed by atoms with Crippen molar-refractivity contribution < 1.29 is 18.0 Å². The molecule has 0 spiro atoms. The van der Waals surface area contributed by atoms with Gasteiger partial charge in [-0.3, -0.25) is 9.05 Å². The highest BCUT2D eigenvalue weighted by atomic mass is 31.2. The highest BCUT2D eigenvalue weighted by molar-refractivity contribution is 7.61. The fourth-order valence-corrected chi connectivity index (χ4v) is 3.43. The van der Waals surface area contributed by atoms with Gasteiger partial charge in [0.05, 0.1) is 12.2 Å². The molecule has 0 aliphatic heterocycles. The van der Waals surface area contributed by atoms with Crippen molar-refractivity contribution in [2.45, 2.75) is 39.9 Å². The molecule has 0 N–H and O–H groups in total. The van der Waals surface area contributed by atoms with E-state index in [1.165, 1.54) is 0 Å². The Morgan fingerprint density at radius 1 is 1.11 bits per heavy atom. The van der Waals surface area contributed by atoms with Crippen LogP contribution >= 0.6 is 7.60 Å². The molecule has 0 amide bonds. The normalized spacial score (nSPS) is 12.7. The lowest BCUT2D eigenvalue weighted by Gasteiger charge is -2.19. The highest BCUT2D eigenvalue weighted by Crippen LogP contribution is 2.49. The van der Waals surface area contributed by atoms with Gasteiger partial charge >= 0.3 is 13.2 Å². The second kappa shape index (κ2) is 5.45. The lowest BCUT2D eigenvalue weighted by atomic mass is 10.3. The number of oxazole rings is 1. The quantitative estimate of drug-likeness (QED) is 0.786. The molecule has 0 unspecified atom stereocenters. The molecule has 0 bridgehead atoms. The Labute approximate surface area is 112 Å². The fraction of sp³-hybridized carbons (Fsp3) is 0.462. The van der Waals surface area contributed by atoms with E-state index in [0.717, 1.165) is 0 Å². The Balaban J connectivity index is 2.44. The van der Waals surface area contributed by atoms with Gasteiger partial charge in [0.1, 0.15) is 5.52 Å². The first-order chi connectivity index (χ1) is 8.90. The van der Waals surface area contributed by atoms with Crippen molar-refractivity contribution in [3.05, 3.63) is 24.3 Å². The van der Waals surface area contributed by atoms with Gasteiger partial charge in [0.15, 0.2) is 5.58 Å². The average molecular weight is 283 g/mol. The van der Waals surface area contributed by atoms with Crippen LogP contribution in [0.15, 0.2) is 28.7 Å². The van der Waals surface area contributed by atoms with Gasteiger partial charge in [-0.15, -0.1) is 0 Å². The number of rotatable bonds is 5. The molecule has 0 saturated carbocycles. The van der Waals surface area contributed by atoms with Crippen LogP contribution in [0.4, 0.5) is 0 Å². The summed E-state index contributed by atoms with van der Waals surface area (Å²) in [6, 6.07) is 7.22. The Bertz CT molecular complexity index is 558. The van der Waals surface area contributed by atoms with E-state index in [1.54, 1.807) is 39.8 Å². The number of benzene rings is 1. The lowest BCUT2D eigenvalue weighted by Crippen LogP contribution is -2.17. The largest absolute Gasteiger partial charge is 0.430 e. The number of nitrogens with zero attached hydrogens (tertiary/aromatic N) is 1. The van der Waals surface area contributed by atoms with E-state index < -0.39 is 7.60 Å². The zero-order valence-corrected chi connectivity index (χ0v) is 12.4. The summed E-state index contributed by atoms with van der Waals surface area (Å²) in [4.78, 5) is 4.21. The van der Waals surface area contributed by atoms with Crippen molar-refractivity contribution in [3.8, 4) is 0 Å². The number of hydrogen-bond acceptors (Lipinski definition) is 5. The van der Waals surface area contributed by atoms with Crippen LogP contribution in [-0.4, -0.2) is 17.2 Å². The topological polar surface area (TPSA) is 61.6 Å². The third-order valence-electron chi connectivity index (χ3n) is 2.22. The van der Waals surface area contributed by atoms with E-state index in [0.29, 0.717) is 11.1 Å². The summed E-state index contributed by atoms with van der Waals surface area (Å²) >= 11 is 0. The van der Waals surface area contributed by atoms with E-state index in [1.807, 2.05) is 12.1 Å². The molecule has 0 aliphatic rings. The molecule has 0 radical (unpaired) electrons. The van der Waals surface area contributed by atoms with Crippen molar-refractivity contribution in [3.63, 3.8) is 0 Å². The first-order valence-electron chi connectivity index (χ1n) is 6.23. The molecule has 0 fully saturated rings. The van der Waals surface area contributed by atoms with Crippen LogP contribution in [0.5, 0.6) is 0 Å². The van der Waals surface area contributed by atoms with Crippen LogP contribution in [0, 0.1) is 0 Å². The van der Waals surface area contributed by atoms with E-state index in [-0.39, 0.29) is 17.8 Å². The molecule has 104 valence electrons. The predicted octanol–water partition coefficient (Wildman–Crippen LogP) is 3.50. The molecule has 0 atom stereocenters. The standard InChI is InChI=1S/C13H18NO4P/c1-9(2)17-19(15,18-10(3)4)13-14-11-7-5-6-8-12(11)16-13/h5-10H,1-4H3. The summed E-state index contributed by atoms with van der Waals surface area (Å²) in [5.74, 6) is 0. The van der Waals surface area contributed by atoms with Gasteiger partial charge in [0.25, 0.3) is 0 Å². The third kappa shape index (κ3) is 3.24. The second-order valence-corrected chi connectivity index (χ2v) is 6.57. The third-order valence-corrected chi connectivity index (χ3v) is 4.27. The summed E-state index contributed by atoms with van der Waals surface area (Å²) < 4.78 is 29.2. The minimum Gasteiger partial charge on any atom is -0.430 e. The summed E-state index contributed by atoms with van der Waals surface area (Å²) in [5.41, 5.74) is 1.21. The van der Waals surface area contributed by atoms with Crippen molar-refractivity contribution in [1.29, 1.82) is 0 Å². The zero-order chi connectivity index (χ0) is 14.0. The summed E-state index contributed by atoms with van der Waals surface area (Å²) in [5, 5.41) is 0. The van der Waals surface area contributed by atoms with Crippen LogP contribution in [-0.2, 0) is 13.6 Å². The highest BCUT2D eigenvalue weighted by Gasteiger charge is 2.36. The Morgan fingerprint density at radius 3 is 2.21 bits per heavy atom. The van der Waals surface area contributed by atoms with Crippen LogP contribution in [0.1, 0.15) is 27.7 Å². The smallest absolute Gasteiger partial charge is 0.416 e. The molecule has 0 saturated heterocycles. The molecular formula is C13H18NO4P. The number of para-hydroxylation sites is 2. The van der Waals surface area contributed by atoms with Gasteiger partial charge in [-0.1, -0.05) is 12.1 Å². The van der Waals surface area contributed by atoms with E-state index in [4.69, 9.17) is 13.5 Å². The fourth-order valence-electron chi connectivity index (χ4n) is 1.65. The van der Waals surface area contributed by atoms with Gasteiger partial charge in [-0.25, -0.2) is 9.55 Å². The van der Waals surface area contributed by atoms with E-state index in [2.05, 4.69) is 4.98 Å². The summed E-state index contributed by atoms with van der Waals surface area (Å²) in [6.45, 7) is 7.16. The Morgan fingerprint density at radius 2 is 1.68 bits per heavy atom. The maximum atomic E-state index is 12.8. The first kappa shape index (κ1) is 14.3. The molecule has 0 aliphatic carbocycles. The van der Waals surface area contributed by atoms with Gasteiger partial charge in [0, 0.05) is 0 Å². The van der Waals surface area contributed by atoms with Crippen LogP contribution in [0.2, 0.25) is 0 Å². The first-order valence-corrected chi connectivity index (χ1v) is 7.78.